The van der Waals surface area contributed by atoms with Gasteiger partial charge >= 0.3 is 0 Å². The Labute approximate surface area is 69.7 Å². The summed E-state index contributed by atoms with van der Waals surface area (Å²) in [6, 6.07) is 3.96. The predicted molar refractivity (Wildman–Crippen MR) is 48.0 cm³/mol. The van der Waals surface area contributed by atoms with E-state index in [1.165, 1.54) is 0 Å². The molecule has 11 heavy (non-hydrogen) atoms. The molecule has 0 aliphatic rings. The molecule has 2 nitrogen and oxygen atoms in total. The molecule has 0 saturated carbocycles. The van der Waals surface area contributed by atoms with E-state index in [1.807, 2.05) is 36.0 Å². The van der Waals surface area contributed by atoms with Crippen LogP contribution in [-0.2, 0) is 17.3 Å². The van der Waals surface area contributed by atoms with E-state index < -0.39 is 10.8 Å². The highest BCUT2D eigenvalue weighted by Crippen LogP contribution is 1.91. The third-order valence-corrected chi connectivity index (χ3v) is 2.85. The number of nitrogens with zero attached hydrogens (tertiary/aromatic N) is 1. The molecule has 1 aromatic rings. The van der Waals surface area contributed by atoms with Crippen LogP contribution in [0.1, 0.15) is 6.92 Å². The number of hydrogen-bond donors (Lipinski definition) is 0. The van der Waals surface area contributed by atoms with Crippen molar-refractivity contribution in [2.45, 2.75) is 13.5 Å². The van der Waals surface area contributed by atoms with Crippen molar-refractivity contribution in [2.75, 3.05) is 11.5 Å². The molecule has 0 fully saturated rings. The topological polar surface area (TPSA) is 22.0 Å². The Bertz CT molecular complexity index is 218. The van der Waals surface area contributed by atoms with Gasteiger partial charge in [-0.15, -0.1) is 0 Å². The van der Waals surface area contributed by atoms with Gasteiger partial charge in [0.2, 0.25) is 0 Å². The van der Waals surface area contributed by atoms with Crippen LogP contribution >= 0.6 is 0 Å². The molecular weight excluding hydrogens is 158 g/mol. The molecule has 1 heterocycles. The highest BCUT2D eigenvalue weighted by atomic mass is 32.2. The molecule has 1 rings (SSSR count). The average Bonchev–Trinajstić information content (AvgIpc) is 2.52. The van der Waals surface area contributed by atoms with Gasteiger partial charge in [0.15, 0.2) is 0 Å². The van der Waals surface area contributed by atoms with E-state index in [0.717, 1.165) is 18.1 Å². The molecule has 0 bridgehead atoms. The van der Waals surface area contributed by atoms with E-state index in [4.69, 9.17) is 0 Å². The van der Waals surface area contributed by atoms with Crippen LogP contribution in [0.15, 0.2) is 24.5 Å². The van der Waals surface area contributed by atoms with Crippen LogP contribution in [0, 0.1) is 0 Å². The van der Waals surface area contributed by atoms with Crippen LogP contribution in [0.4, 0.5) is 0 Å². The Morgan fingerprint density at radius 3 is 2.55 bits per heavy atom. The first-order valence-corrected chi connectivity index (χ1v) is 5.27. The summed E-state index contributed by atoms with van der Waals surface area (Å²) >= 11 is 0. The van der Waals surface area contributed by atoms with E-state index in [9.17, 15) is 4.21 Å². The lowest BCUT2D eigenvalue weighted by atomic mass is 10.7. The highest BCUT2D eigenvalue weighted by Gasteiger charge is 1.94. The average molecular weight is 171 g/mol. The van der Waals surface area contributed by atoms with Crippen molar-refractivity contribution in [1.82, 2.24) is 4.57 Å². The van der Waals surface area contributed by atoms with Gasteiger partial charge in [-0.25, -0.2) is 0 Å². The lowest BCUT2D eigenvalue weighted by molar-refractivity contribution is 0.674. The zero-order valence-corrected chi connectivity index (χ0v) is 7.51. The number of aryl methyl sites for hydroxylation is 1. The van der Waals surface area contributed by atoms with Gasteiger partial charge in [-0.3, -0.25) is 4.21 Å². The first-order valence-electron chi connectivity index (χ1n) is 3.78. The second-order valence-electron chi connectivity index (χ2n) is 2.35. The van der Waals surface area contributed by atoms with Gasteiger partial charge in [0.1, 0.15) is 0 Å². The van der Waals surface area contributed by atoms with E-state index >= 15 is 0 Å². The van der Waals surface area contributed by atoms with E-state index in [1.54, 1.807) is 0 Å². The van der Waals surface area contributed by atoms with Gasteiger partial charge in [0.05, 0.1) is 0 Å². The van der Waals surface area contributed by atoms with Crippen molar-refractivity contribution in [3.63, 3.8) is 0 Å². The molecule has 1 aromatic heterocycles. The van der Waals surface area contributed by atoms with Gasteiger partial charge in [-0.2, -0.15) is 0 Å². The quantitative estimate of drug-likeness (QED) is 0.668. The maximum Gasteiger partial charge on any atom is 0.0414 e. The monoisotopic (exact) mass is 171 g/mol. The Morgan fingerprint density at radius 2 is 2.00 bits per heavy atom. The summed E-state index contributed by atoms with van der Waals surface area (Å²) in [5.41, 5.74) is 0. The minimum absolute atomic E-state index is 0.632. The van der Waals surface area contributed by atoms with Crippen molar-refractivity contribution < 1.29 is 4.21 Å². The van der Waals surface area contributed by atoms with Crippen molar-refractivity contribution >= 4 is 10.8 Å². The van der Waals surface area contributed by atoms with E-state index in [2.05, 4.69) is 0 Å². The first-order chi connectivity index (χ1) is 5.33. The van der Waals surface area contributed by atoms with E-state index in [0.29, 0.717) is 0 Å². The molecule has 0 aromatic carbocycles. The van der Waals surface area contributed by atoms with Crippen LogP contribution < -0.4 is 0 Å². The zero-order chi connectivity index (χ0) is 8.10. The van der Waals surface area contributed by atoms with Crippen molar-refractivity contribution in [3.05, 3.63) is 24.5 Å². The largest absolute Gasteiger partial charge is 0.353 e. The third-order valence-electron chi connectivity index (χ3n) is 1.57. The minimum atomic E-state index is -0.632. The van der Waals surface area contributed by atoms with E-state index in [-0.39, 0.29) is 0 Å². The molecule has 3 heteroatoms. The molecule has 0 radical (unpaired) electrons. The maximum atomic E-state index is 11.0. The fourth-order valence-corrected chi connectivity index (χ4v) is 1.57. The van der Waals surface area contributed by atoms with Gasteiger partial charge < -0.3 is 4.57 Å². The van der Waals surface area contributed by atoms with Gasteiger partial charge in [-0.05, 0) is 12.1 Å². The minimum Gasteiger partial charge on any atom is -0.353 e. The lowest BCUT2D eigenvalue weighted by Crippen LogP contribution is -2.06. The summed E-state index contributed by atoms with van der Waals surface area (Å²) in [6.07, 6.45) is 3.99. The summed E-state index contributed by atoms with van der Waals surface area (Å²) in [5, 5.41) is 0. The Morgan fingerprint density at radius 1 is 1.36 bits per heavy atom. The number of hydrogen-bond acceptors (Lipinski definition) is 1. The van der Waals surface area contributed by atoms with Crippen LogP contribution in [0.25, 0.3) is 0 Å². The summed E-state index contributed by atoms with van der Waals surface area (Å²) in [6.45, 7) is 2.82. The van der Waals surface area contributed by atoms with Crippen LogP contribution in [0.3, 0.4) is 0 Å². The fourth-order valence-electron chi connectivity index (χ4n) is 0.871. The summed E-state index contributed by atoms with van der Waals surface area (Å²) in [7, 11) is -0.632. The van der Waals surface area contributed by atoms with Crippen LogP contribution in [-0.4, -0.2) is 20.3 Å². The molecule has 1 unspecified atom stereocenters. The summed E-state index contributed by atoms with van der Waals surface area (Å²) in [5.74, 6) is 1.53. The molecule has 0 spiro atoms. The lowest BCUT2D eigenvalue weighted by Gasteiger charge is -2.00. The van der Waals surface area contributed by atoms with Gasteiger partial charge in [0, 0.05) is 41.2 Å². The second-order valence-corrected chi connectivity index (χ2v) is 4.22. The SMILES string of the molecule is CCS(=O)CCn1cccc1. The first kappa shape index (κ1) is 8.53. The van der Waals surface area contributed by atoms with Crippen LogP contribution in [0.2, 0.25) is 0 Å². The number of aromatic nitrogens is 1. The maximum absolute atomic E-state index is 11.0. The molecule has 0 N–H and O–H groups in total. The van der Waals surface area contributed by atoms with Crippen molar-refractivity contribution in [3.8, 4) is 0 Å². The molecule has 0 aliphatic carbocycles. The Balaban J connectivity index is 2.29. The molecule has 0 aliphatic heterocycles. The smallest absolute Gasteiger partial charge is 0.0414 e. The normalized spacial score (nSPS) is 13.2. The predicted octanol–water partition coefficient (Wildman–Crippen LogP) is 1.26. The third kappa shape index (κ3) is 2.89. The second kappa shape index (κ2) is 4.34. The standard InChI is InChI=1S/C8H13NOS/c1-2-11(10)8-7-9-5-3-4-6-9/h3-6H,2,7-8H2,1H3. The van der Waals surface area contributed by atoms with Crippen molar-refractivity contribution in [1.29, 1.82) is 0 Å². The fraction of sp³-hybridized carbons (Fsp3) is 0.500. The molecule has 1 atom stereocenters. The zero-order valence-electron chi connectivity index (χ0n) is 6.69. The Kier molecular flexibility index (Phi) is 3.36. The van der Waals surface area contributed by atoms with Gasteiger partial charge in [0.25, 0.3) is 0 Å². The van der Waals surface area contributed by atoms with Crippen molar-refractivity contribution in [2.24, 2.45) is 0 Å². The summed E-state index contributed by atoms with van der Waals surface area (Å²) < 4.78 is 13.1. The Hall–Kier alpha value is -0.570. The molecule has 0 amide bonds. The molecular formula is C8H13NOS. The highest BCUT2D eigenvalue weighted by molar-refractivity contribution is 7.84. The summed E-state index contributed by atoms with van der Waals surface area (Å²) in [4.78, 5) is 0. The van der Waals surface area contributed by atoms with Crippen LogP contribution in [0.5, 0.6) is 0 Å². The van der Waals surface area contributed by atoms with Gasteiger partial charge in [-0.1, -0.05) is 6.92 Å². The molecule has 0 saturated heterocycles. The number of rotatable bonds is 4. The molecule has 62 valence electrons.